The van der Waals surface area contributed by atoms with Crippen molar-refractivity contribution in [3.05, 3.63) is 11.3 Å². The van der Waals surface area contributed by atoms with Crippen LogP contribution in [-0.4, -0.2) is 44.3 Å². The van der Waals surface area contributed by atoms with Crippen LogP contribution >= 0.6 is 11.8 Å². The van der Waals surface area contributed by atoms with E-state index in [9.17, 15) is 9.59 Å². The lowest BCUT2D eigenvalue weighted by Crippen LogP contribution is -2.56. The molecule has 2 heterocycles. The van der Waals surface area contributed by atoms with Gasteiger partial charge in [0, 0.05) is 5.57 Å². The Hall–Kier alpha value is -1.05. The molecule has 7 heteroatoms. The molecule has 82 valence electrons. The molecular formula is C8H10N2O4S. The summed E-state index contributed by atoms with van der Waals surface area (Å²) < 4.78 is 0. The number of nitrogens with zero attached hydrogens (tertiary/aromatic N) is 1. The molecule has 1 fully saturated rings. The summed E-state index contributed by atoms with van der Waals surface area (Å²) in [4.78, 5) is 23.4. The molecular weight excluding hydrogens is 220 g/mol. The third-order valence-corrected chi connectivity index (χ3v) is 3.74. The van der Waals surface area contributed by atoms with Crippen molar-refractivity contribution in [3.63, 3.8) is 0 Å². The summed E-state index contributed by atoms with van der Waals surface area (Å²) in [7, 11) is 0. The van der Waals surface area contributed by atoms with Crippen LogP contribution in [0.15, 0.2) is 11.3 Å². The number of hydrogen-bond acceptors (Lipinski definition) is 5. The number of carboxylic acid groups (broad SMARTS) is 1. The van der Waals surface area contributed by atoms with Gasteiger partial charge in [-0.15, -0.1) is 11.8 Å². The second-order valence-corrected chi connectivity index (χ2v) is 4.64. The van der Waals surface area contributed by atoms with E-state index in [0.29, 0.717) is 6.42 Å². The van der Waals surface area contributed by atoms with Gasteiger partial charge in [0.2, 0.25) is 5.91 Å². The summed E-state index contributed by atoms with van der Waals surface area (Å²) >= 11 is 1.30. The lowest BCUT2D eigenvalue weighted by molar-refractivity contribution is -0.146. The Balaban J connectivity index is 2.44. The van der Waals surface area contributed by atoms with Crippen LogP contribution < -0.4 is 5.73 Å². The maximum atomic E-state index is 11.2. The number of β-lactam (4-membered cyclic amide) rings is 1. The van der Waals surface area contributed by atoms with E-state index in [1.54, 1.807) is 0 Å². The molecule has 0 aromatic rings. The minimum absolute atomic E-state index is 0.148. The van der Waals surface area contributed by atoms with E-state index in [-0.39, 0.29) is 22.6 Å². The van der Waals surface area contributed by atoms with Crippen LogP contribution in [0.2, 0.25) is 0 Å². The molecule has 6 nitrogen and oxygen atoms in total. The number of amides is 1. The van der Waals surface area contributed by atoms with Gasteiger partial charge < -0.3 is 15.9 Å². The van der Waals surface area contributed by atoms with Gasteiger partial charge >= 0.3 is 5.97 Å². The van der Waals surface area contributed by atoms with Gasteiger partial charge in [0.05, 0.1) is 23.8 Å². The van der Waals surface area contributed by atoms with Crippen LogP contribution in [0.25, 0.3) is 0 Å². The molecule has 0 aliphatic carbocycles. The van der Waals surface area contributed by atoms with Crippen LogP contribution in [-0.2, 0) is 9.59 Å². The first kappa shape index (κ1) is 10.5. The van der Waals surface area contributed by atoms with Gasteiger partial charge in [0.25, 0.3) is 0 Å². The zero-order chi connectivity index (χ0) is 11.2. The summed E-state index contributed by atoms with van der Waals surface area (Å²) in [5, 5.41) is 17.3. The minimum Gasteiger partial charge on any atom is -0.477 e. The van der Waals surface area contributed by atoms with E-state index in [2.05, 4.69) is 0 Å². The third kappa shape index (κ3) is 1.43. The zero-order valence-corrected chi connectivity index (χ0v) is 8.53. The number of aliphatic hydroxyl groups is 1. The number of rotatable bonds is 2. The van der Waals surface area contributed by atoms with Gasteiger partial charge in [-0.05, 0) is 0 Å². The van der Waals surface area contributed by atoms with Gasteiger partial charge in [0.15, 0.2) is 0 Å². The number of carbonyl (C=O) groups is 2. The van der Waals surface area contributed by atoms with Gasteiger partial charge in [0.1, 0.15) is 5.70 Å². The van der Waals surface area contributed by atoms with E-state index in [1.807, 2.05) is 0 Å². The highest BCUT2D eigenvalue weighted by Gasteiger charge is 2.47. The molecule has 0 saturated carbocycles. The summed E-state index contributed by atoms with van der Waals surface area (Å²) in [6.45, 7) is -0.438. The Morgan fingerprint density at radius 2 is 2.33 bits per heavy atom. The highest BCUT2D eigenvalue weighted by atomic mass is 32.2. The molecule has 0 bridgehead atoms. The van der Waals surface area contributed by atoms with Crippen molar-refractivity contribution in [2.45, 2.75) is 17.2 Å². The van der Waals surface area contributed by atoms with Crippen molar-refractivity contribution in [2.24, 2.45) is 5.73 Å². The monoisotopic (exact) mass is 230 g/mol. The van der Waals surface area contributed by atoms with E-state index >= 15 is 0 Å². The maximum Gasteiger partial charge on any atom is 0.352 e. The molecule has 2 aliphatic heterocycles. The number of aliphatic hydroxyl groups excluding tert-OH is 1. The van der Waals surface area contributed by atoms with Crippen LogP contribution in [0.3, 0.4) is 0 Å². The van der Waals surface area contributed by atoms with E-state index < -0.39 is 18.0 Å². The third-order valence-electron chi connectivity index (χ3n) is 2.47. The van der Waals surface area contributed by atoms with Crippen LogP contribution in [0, 0.1) is 0 Å². The Morgan fingerprint density at radius 3 is 2.80 bits per heavy atom. The van der Waals surface area contributed by atoms with Crippen molar-refractivity contribution < 1.29 is 19.8 Å². The van der Waals surface area contributed by atoms with E-state index in [4.69, 9.17) is 15.9 Å². The summed E-state index contributed by atoms with van der Waals surface area (Å²) in [6, 6.07) is 0. The first-order valence-corrected chi connectivity index (χ1v) is 5.31. The first-order valence-electron chi connectivity index (χ1n) is 4.36. The Kier molecular flexibility index (Phi) is 2.45. The van der Waals surface area contributed by atoms with E-state index in [1.165, 1.54) is 16.7 Å². The zero-order valence-electron chi connectivity index (χ0n) is 7.71. The van der Waals surface area contributed by atoms with Crippen LogP contribution in [0.4, 0.5) is 0 Å². The van der Waals surface area contributed by atoms with E-state index in [0.717, 1.165) is 0 Å². The van der Waals surface area contributed by atoms with Crippen molar-refractivity contribution in [1.82, 2.24) is 4.90 Å². The molecule has 2 unspecified atom stereocenters. The number of aliphatic carboxylic acids is 1. The fourth-order valence-corrected chi connectivity index (χ4v) is 2.98. The molecule has 0 aromatic heterocycles. The molecule has 0 radical (unpaired) electrons. The number of carboxylic acids is 1. The second kappa shape index (κ2) is 3.51. The average Bonchev–Trinajstić information content (AvgIpc) is 2.15. The lowest BCUT2D eigenvalue weighted by Gasteiger charge is -2.45. The summed E-state index contributed by atoms with van der Waals surface area (Å²) in [5.41, 5.74) is 5.75. The fourth-order valence-electron chi connectivity index (χ4n) is 1.71. The van der Waals surface area contributed by atoms with Crippen molar-refractivity contribution in [2.75, 3.05) is 6.61 Å². The normalized spacial score (nSPS) is 30.0. The number of nitrogens with two attached hydrogens (primary N) is 1. The molecule has 0 spiro atoms. The largest absolute Gasteiger partial charge is 0.477 e. The molecule has 15 heavy (non-hydrogen) atoms. The smallest absolute Gasteiger partial charge is 0.352 e. The van der Waals surface area contributed by atoms with Gasteiger partial charge in [-0.25, -0.2) is 4.79 Å². The van der Waals surface area contributed by atoms with Crippen molar-refractivity contribution in [3.8, 4) is 0 Å². The Labute approximate surface area is 89.7 Å². The number of carbonyl (C=O) groups excluding carboxylic acids is 1. The highest BCUT2D eigenvalue weighted by Crippen LogP contribution is 2.41. The van der Waals surface area contributed by atoms with Crippen molar-refractivity contribution in [1.29, 1.82) is 0 Å². The standard InChI is InChI=1S/C8H10N2O4S/c9-7-3(2-11)6(8(13)14)10-4(12)1-5(10)15-7/h5,7,11H,1-2,9H2,(H,13,14). The quantitative estimate of drug-likeness (QED) is 0.521. The second-order valence-electron chi connectivity index (χ2n) is 3.32. The molecule has 2 rings (SSSR count). The SMILES string of the molecule is NC1SC2CC(=O)N2C(C(=O)O)=C1CO. The predicted molar refractivity (Wildman–Crippen MR) is 52.6 cm³/mol. The summed E-state index contributed by atoms with van der Waals surface area (Å²) in [6.07, 6.45) is 0.313. The topological polar surface area (TPSA) is 104 Å². The van der Waals surface area contributed by atoms with Gasteiger partial charge in [-0.1, -0.05) is 0 Å². The fraction of sp³-hybridized carbons (Fsp3) is 0.500. The number of hydrogen-bond donors (Lipinski definition) is 3. The number of thioether (sulfide) groups is 1. The highest BCUT2D eigenvalue weighted by molar-refractivity contribution is 8.00. The molecule has 1 amide bonds. The Morgan fingerprint density at radius 1 is 1.67 bits per heavy atom. The lowest BCUT2D eigenvalue weighted by atomic mass is 10.1. The summed E-state index contributed by atoms with van der Waals surface area (Å²) in [5.74, 6) is -1.45. The first-order chi connectivity index (χ1) is 7.06. The van der Waals surface area contributed by atoms with Gasteiger partial charge in [-0.3, -0.25) is 9.69 Å². The number of fused-ring (bicyclic) bond motifs is 1. The van der Waals surface area contributed by atoms with Crippen molar-refractivity contribution >= 4 is 23.6 Å². The molecule has 1 saturated heterocycles. The van der Waals surface area contributed by atoms with Gasteiger partial charge in [-0.2, -0.15) is 0 Å². The average molecular weight is 230 g/mol. The minimum atomic E-state index is -1.21. The van der Waals surface area contributed by atoms with Crippen LogP contribution in [0.5, 0.6) is 0 Å². The Bertz CT molecular complexity index is 368. The maximum absolute atomic E-state index is 11.2. The van der Waals surface area contributed by atoms with Crippen LogP contribution in [0.1, 0.15) is 6.42 Å². The molecule has 2 atom stereocenters. The molecule has 2 aliphatic rings. The predicted octanol–water partition coefficient (Wildman–Crippen LogP) is -1.09. The molecule has 4 N–H and O–H groups in total. The molecule has 0 aromatic carbocycles.